The highest BCUT2D eigenvalue weighted by Crippen LogP contribution is 2.15. The van der Waals surface area contributed by atoms with Crippen LogP contribution < -0.4 is 5.32 Å². The fourth-order valence-electron chi connectivity index (χ4n) is 4.30. The van der Waals surface area contributed by atoms with Crippen molar-refractivity contribution in [2.75, 3.05) is 18.5 Å². The molecule has 0 saturated heterocycles. The molecule has 0 fully saturated rings. The number of hydrogen-bond acceptors (Lipinski definition) is 4. The first-order chi connectivity index (χ1) is 16.7. The molecule has 0 aromatic heterocycles. The topological polar surface area (TPSA) is 55.4 Å². The van der Waals surface area contributed by atoms with Gasteiger partial charge in [-0.05, 0) is 37.6 Å². The number of hydrogen-bond donors (Lipinski definition) is 1. The van der Waals surface area contributed by atoms with Gasteiger partial charge in [0.05, 0.1) is 6.61 Å². The molecule has 0 atom stereocenters. The Morgan fingerprint density at radius 1 is 0.647 bits per heavy atom. The van der Waals surface area contributed by atoms with E-state index in [-0.39, 0.29) is 12.2 Å². The molecule has 0 radical (unpaired) electrons. The predicted molar refractivity (Wildman–Crippen MR) is 145 cm³/mol. The first-order valence-electron chi connectivity index (χ1n) is 14.2. The maximum Gasteiger partial charge on any atom is 0.313 e. The van der Waals surface area contributed by atoms with Crippen LogP contribution in [0.3, 0.4) is 0 Å². The number of ketones is 1. The number of unbranched alkanes of at least 4 members (excludes halogenated alkanes) is 16. The van der Waals surface area contributed by atoms with E-state index in [4.69, 9.17) is 4.74 Å². The van der Waals surface area contributed by atoms with Gasteiger partial charge in [0.15, 0.2) is 5.78 Å². The van der Waals surface area contributed by atoms with Crippen LogP contribution >= 0.6 is 0 Å². The third-order valence-electron chi connectivity index (χ3n) is 6.43. The van der Waals surface area contributed by atoms with Gasteiger partial charge in [-0.25, -0.2) is 0 Å². The van der Waals surface area contributed by atoms with E-state index in [1.54, 1.807) is 19.1 Å². The first kappa shape index (κ1) is 30.2. The second-order valence-electron chi connectivity index (χ2n) is 9.57. The molecule has 1 aromatic carbocycles. The third kappa shape index (κ3) is 16.7. The SMILES string of the molecule is CCCCCCCCCCCCCCCCCCCNc1ccc(C(=O)CC(=O)OCC)cc1. The van der Waals surface area contributed by atoms with E-state index < -0.39 is 5.97 Å². The summed E-state index contributed by atoms with van der Waals surface area (Å²) in [6, 6.07) is 7.37. The van der Waals surface area contributed by atoms with E-state index in [1.807, 2.05) is 12.1 Å². The van der Waals surface area contributed by atoms with Crippen molar-refractivity contribution in [3.8, 4) is 0 Å². The lowest BCUT2D eigenvalue weighted by atomic mass is 10.0. The van der Waals surface area contributed by atoms with Crippen LogP contribution in [0, 0.1) is 0 Å². The van der Waals surface area contributed by atoms with Gasteiger partial charge in [0, 0.05) is 17.8 Å². The highest BCUT2D eigenvalue weighted by molar-refractivity contribution is 6.06. The molecule has 0 bridgehead atoms. The number of carbonyl (C=O) groups is 2. The zero-order chi connectivity index (χ0) is 24.7. The molecule has 0 unspecified atom stereocenters. The maximum atomic E-state index is 12.1. The predicted octanol–water partition coefficient (Wildman–Crippen LogP) is 8.89. The van der Waals surface area contributed by atoms with E-state index in [0.717, 1.165) is 12.2 Å². The summed E-state index contributed by atoms with van der Waals surface area (Å²) in [5.74, 6) is -0.660. The average Bonchev–Trinajstić information content (AvgIpc) is 2.83. The van der Waals surface area contributed by atoms with Crippen molar-refractivity contribution in [3.63, 3.8) is 0 Å². The van der Waals surface area contributed by atoms with Gasteiger partial charge in [-0.15, -0.1) is 0 Å². The standard InChI is InChI=1S/C30H51NO3/c1-3-5-6-7-8-9-10-11-12-13-14-15-16-17-18-19-20-25-31-28-23-21-27(22-24-28)29(32)26-30(33)34-4-2/h21-24,31H,3-20,25-26H2,1-2H3. The van der Waals surface area contributed by atoms with Crippen LogP contribution in [0.15, 0.2) is 24.3 Å². The molecule has 0 amide bonds. The lowest BCUT2D eigenvalue weighted by Crippen LogP contribution is -2.11. The molecule has 0 aliphatic rings. The minimum Gasteiger partial charge on any atom is -0.466 e. The molecule has 4 nitrogen and oxygen atoms in total. The quantitative estimate of drug-likeness (QED) is 0.0746. The Morgan fingerprint density at radius 2 is 1.09 bits per heavy atom. The number of ether oxygens (including phenoxy) is 1. The van der Waals surface area contributed by atoms with Gasteiger partial charge in [-0.1, -0.05) is 110 Å². The van der Waals surface area contributed by atoms with Crippen molar-refractivity contribution in [3.05, 3.63) is 29.8 Å². The van der Waals surface area contributed by atoms with Crippen molar-refractivity contribution in [2.24, 2.45) is 0 Å². The smallest absolute Gasteiger partial charge is 0.313 e. The zero-order valence-corrected chi connectivity index (χ0v) is 22.2. The summed E-state index contributed by atoms with van der Waals surface area (Å²) in [6.07, 6.45) is 23.4. The summed E-state index contributed by atoms with van der Waals surface area (Å²) in [5.41, 5.74) is 1.57. The number of rotatable bonds is 23. The fraction of sp³-hybridized carbons (Fsp3) is 0.733. The van der Waals surface area contributed by atoms with Gasteiger partial charge in [0.2, 0.25) is 0 Å². The number of nitrogens with one attached hydrogen (secondary N) is 1. The monoisotopic (exact) mass is 473 g/mol. The van der Waals surface area contributed by atoms with Crippen molar-refractivity contribution in [2.45, 2.75) is 129 Å². The number of Topliss-reactive ketones (excluding diaryl/α,β-unsaturated/α-hetero) is 1. The minimum atomic E-state index is -0.464. The fourth-order valence-corrected chi connectivity index (χ4v) is 4.30. The first-order valence-corrected chi connectivity index (χ1v) is 14.2. The summed E-state index contributed by atoms with van der Waals surface area (Å²) in [5, 5.41) is 3.42. The van der Waals surface area contributed by atoms with Crippen LogP contribution in [-0.2, 0) is 9.53 Å². The van der Waals surface area contributed by atoms with Gasteiger partial charge >= 0.3 is 5.97 Å². The summed E-state index contributed by atoms with van der Waals surface area (Å²) in [7, 11) is 0. The van der Waals surface area contributed by atoms with Crippen LogP contribution in [0.25, 0.3) is 0 Å². The van der Waals surface area contributed by atoms with E-state index >= 15 is 0 Å². The molecular formula is C30H51NO3. The average molecular weight is 474 g/mol. The second-order valence-corrected chi connectivity index (χ2v) is 9.57. The molecule has 4 heteroatoms. The van der Waals surface area contributed by atoms with Crippen molar-refractivity contribution < 1.29 is 14.3 Å². The Labute approximate surface area is 209 Å². The molecule has 1 N–H and O–H groups in total. The van der Waals surface area contributed by atoms with Gasteiger partial charge < -0.3 is 10.1 Å². The molecular weight excluding hydrogens is 422 g/mol. The molecule has 1 rings (SSSR count). The number of carbonyl (C=O) groups excluding carboxylic acids is 2. The molecule has 194 valence electrons. The summed E-state index contributed by atoms with van der Waals surface area (Å²) >= 11 is 0. The minimum absolute atomic E-state index is 0.195. The summed E-state index contributed by atoms with van der Waals surface area (Å²) < 4.78 is 4.83. The molecule has 0 aliphatic heterocycles. The molecule has 0 aliphatic carbocycles. The van der Waals surface area contributed by atoms with Crippen LogP contribution in [0.4, 0.5) is 5.69 Å². The molecule has 0 saturated carbocycles. The number of anilines is 1. The van der Waals surface area contributed by atoms with Crippen LogP contribution in [0.1, 0.15) is 140 Å². The van der Waals surface area contributed by atoms with E-state index in [1.165, 1.54) is 109 Å². The second kappa shape index (κ2) is 21.7. The normalized spacial score (nSPS) is 10.9. The van der Waals surface area contributed by atoms with Crippen LogP contribution in [0.5, 0.6) is 0 Å². The summed E-state index contributed by atoms with van der Waals surface area (Å²) in [6.45, 7) is 5.28. The Hall–Kier alpha value is -1.84. The molecule has 0 heterocycles. The van der Waals surface area contributed by atoms with E-state index in [2.05, 4.69) is 12.2 Å². The number of benzene rings is 1. The highest BCUT2D eigenvalue weighted by Gasteiger charge is 2.12. The van der Waals surface area contributed by atoms with Crippen LogP contribution in [0.2, 0.25) is 0 Å². The maximum absolute atomic E-state index is 12.1. The lowest BCUT2D eigenvalue weighted by Gasteiger charge is -2.08. The van der Waals surface area contributed by atoms with Gasteiger partial charge in [0.25, 0.3) is 0 Å². The molecule has 1 aromatic rings. The van der Waals surface area contributed by atoms with E-state index in [0.29, 0.717) is 12.2 Å². The Bertz CT molecular complexity index is 626. The Balaban J connectivity index is 1.89. The van der Waals surface area contributed by atoms with Crippen molar-refractivity contribution >= 4 is 17.4 Å². The van der Waals surface area contributed by atoms with Gasteiger partial charge in [-0.2, -0.15) is 0 Å². The van der Waals surface area contributed by atoms with Crippen molar-refractivity contribution in [1.29, 1.82) is 0 Å². The number of esters is 1. The largest absolute Gasteiger partial charge is 0.466 e. The lowest BCUT2D eigenvalue weighted by molar-refractivity contribution is -0.141. The van der Waals surface area contributed by atoms with Gasteiger partial charge in [-0.3, -0.25) is 9.59 Å². The zero-order valence-electron chi connectivity index (χ0n) is 22.2. The third-order valence-corrected chi connectivity index (χ3v) is 6.43. The van der Waals surface area contributed by atoms with Crippen molar-refractivity contribution in [1.82, 2.24) is 0 Å². The van der Waals surface area contributed by atoms with E-state index in [9.17, 15) is 9.59 Å². The summed E-state index contributed by atoms with van der Waals surface area (Å²) in [4.78, 5) is 23.5. The van der Waals surface area contributed by atoms with Gasteiger partial charge in [0.1, 0.15) is 6.42 Å². The Morgan fingerprint density at radius 3 is 1.53 bits per heavy atom. The van der Waals surface area contributed by atoms with Crippen LogP contribution in [-0.4, -0.2) is 24.9 Å². The molecule has 34 heavy (non-hydrogen) atoms. The highest BCUT2D eigenvalue weighted by atomic mass is 16.5. The molecule has 0 spiro atoms. The Kier molecular flexibility index (Phi) is 19.2.